The number of allylic oxidation sites excluding steroid dienone is 4. The zero-order valence-corrected chi connectivity index (χ0v) is 13.6. The minimum atomic E-state index is -0.0244. The zero-order valence-electron chi connectivity index (χ0n) is 13.6. The summed E-state index contributed by atoms with van der Waals surface area (Å²) >= 11 is 0. The van der Waals surface area contributed by atoms with E-state index in [-0.39, 0.29) is 6.85 Å². The van der Waals surface area contributed by atoms with Gasteiger partial charge in [0.2, 0.25) is 0 Å². The molecule has 112 valence electrons. The Hall–Kier alpha value is -2.42. The van der Waals surface area contributed by atoms with Crippen molar-refractivity contribution in [2.75, 3.05) is 0 Å². The molecule has 0 fully saturated rings. The molecule has 22 heavy (non-hydrogen) atoms. The average molecular weight is 291 g/mol. The lowest BCUT2D eigenvalue weighted by Crippen LogP contribution is -2.49. The third kappa shape index (κ3) is 2.67. The first-order valence-electron chi connectivity index (χ1n) is 7.37. The molecule has 0 amide bonds. The van der Waals surface area contributed by atoms with Crippen molar-refractivity contribution in [2.45, 2.75) is 20.8 Å². The second-order valence-corrected chi connectivity index (χ2v) is 5.36. The first-order chi connectivity index (χ1) is 10.5. The Morgan fingerprint density at radius 2 is 1.95 bits per heavy atom. The maximum atomic E-state index is 6.13. The molecule has 2 nitrogen and oxygen atoms in total. The third-order valence-electron chi connectivity index (χ3n) is 3.81. The van der Waals surface area contributed by atoms with Crippen molar-refractivity contribution in [1.82, 2.24) is 4.81 Å². The molecule has 0 radical (unpaired) electrons. The van der Waals surface area contributed by atoms with Gasteiger partial charge in [-0.05, 0) is 56.2 Å². The molecule has 3 heteroatoms. The topological polar surface area (TPSA) is 12.5 Å². The molecule has 0 aliphatic carbocycles. The summed E-state index contributed by atoms with van der Waals surface area (Å²) in [6.07, 6.45) is 7.53. The Balaban J connectivity index is 2.78. The van der Waals surface area contributed by atoms with Crippen LogP contribution in [0.3, 0.4) is 0 Å². The number of rotatable bonds is 5. The summed E-state index contributed by atoms with van der Waals surface area (Å²) < 4.78 is 6.13. The molecule has 0 aromatic heterocycles. The molecule has 0 saturated heterocycles. The fourth-order valence-electron chi connectivity index (χ4n) is 2.85. The fourth-order valence-corrected chi connectivity index (χ4v) is 2.85. The van der Waals surface area contributed by atoms with E-state index in [1.54, 1.807) is 12.4 Å². The lowest BCUT2D eigenvalue weighted by atomic mass is 9.45. The molecule has 0 saturated carbocycles. The van der Waals surface area contributed by atoms with Crippen LogP contribution in [0.1, 0.15) is 19.4 Å². The molecule has 0 N–H and O–H groups in total. The van der Waals surface area contributed by atoms with E-state index in [1.807, 2.05) is 42.9 Å². The van der Waals surface area contributed by atoms with Crippen LogP contribution in [0, 0.1) is 6.92 Å². The maximum Gasteiger partial charge on any atom is 0.335 e. The second kappa shape index (κ2) is 6.57. The smallest absolute Gasteiger partial charge is 0.335 e. The van der Waals surface area contributed by atoms with Crippen LogP contribution in [-0.2, 0) is 0 Å². The molecule has 0 spiro atoms. The van der Waals surface area contributed by atoms with Crippen LogP contribution in [0.25, 0.3) is 0 Å². The van der Waals surface area contributed by atoms with Gasteiger partial charge in [-0.25, -0.2) is 0 Å². The lowest BCUT2D eigenvalue weighted by molar-refractivity contribution is 0.440. The largest absolute Gasteiger partial charge is 0.458 e. The van der Waals surface area contributed by atoms with Crippen LogP contribution < -0.4 is 10.2 Å². The number of ether oxygens (including phenoxy) is 1. The van der Waals surface area contributed by atoms with Gasteiger partial charge in [0.05, 0.1) is 0 Å². The summed E-state index contributed by atoms with van der Waals surface area (Å²) in [6.45, 7) is 18.0. The highest BCUT2D eigenvalue weighted by Crippen LogP contribution is 2.30. The van der Waals surface area contributed by atoms with Gasteiger partial charge in [0, 0.05) is 0 Å². The minimum Gasteiger partial charge on any atom is -0.458 e. The first kappa shape index (κ1) is 16.0. The fraction of sp³-hybridized carbons (Fsp3) is 0.158. The minimum absolute atomic E-state index is 0.0244. The Labute approximate surface area is 133 Å². The highest BCUT2D eigenvalue weighted by molar-refractivity contribution is 6.80. The molecule has 1 aliphatic heterocycles. The SMILES string of the molecule is C=CN(C=C)B1C(C(=C)C)=C(/C=C\C)Oc2cccc(C)c21. The molecule has 1 aliphatic rings. The summed E-state index contributed by atoms with van der Waals surface area (Å²) in [7, 11) is 0. The van der Waals surface area contributed by atoms with Gasteiger partial charge < -0.3 is 9.55 Å². The Kier molecular flexibility index (Phi) is 4.76. The Morgan fingerprint density at radius 1 is 1.27 bits per heavy atom. The van der Waals surface area contributed by atoms with Crippen LogP contribution in [0.4, 0.5) is 0 Å². The van der Waals surface area contributed by atoms with Crippen molar-refractivity contribution < 1.29 is 4.74 Å². The number of fused-ring (bicyclic) bond motifs is 1. The highest BCUT2D eigenvalue weighted by atomic mass is 16.5. The van der Waals surface area contributed by atoms with Crippen molar-refractivity contribution >= 4 is 12.3 Å². The predicted molar refractivity (Wildman–Crippen MR) is 96.1 cm³/mol. The van der Waals surface area contributed by atoms with Crippen LogP contribution in [0.5, 0.6) is 5.75 Å². The van der Waals surface area contributed by atoms with Crippen molar-refractivity contribution in [2.24, 2.45) is 0 Å². The molecule has 0 atom stereocenters. The molecular weight excluding hydrogens is 269 g/mol. The number of aryl methyl sites for hydroxylation is 1. The van der Waals surface area contributed by atoms with Crippen LogP contribution in [0.15, 0.2) is 79.3 Å². The summed E-state index contributed by atoms with van der Waals surface area (Å²) in [6, 6.07) is 6.10. The van der Waals surface area contributed by atoms with E-state index in [4.69, 9.17) is 4.74 Å². The summed E-state index contributed by atoms with van der Waals surface area (Å²) in [5.74, 6) is 1.70. The Bertz CT molecular complexity index is 677. The molecule has 0 unspecified atom stereocenters. The number of nitrogens with zero attached hydrogens (tertiary/aromatic N) is 1. The molecule has 2 rings (SSSR count). The van der Waals surface area contributed by atoms with E-state index >= 15 is 0 Å². The van der Waals surface area contributed by atoms with E-state index < -0.39 is 0 Å². The van der Waals surface area contributed by atoms with Gasteiger partial charge in [0.1, 0.15) is 11.5 Å². The van der Waals surface area contributed by atoms with Crippen molar-refractivity contribution in [3.8, 4) is 5.75 Å². The normalized spacial score (nSPS) is 13.7. The molecule has 0 bridgehead atoms. The van der Waals surface area contributed by atoms with Gasteiger partial charge in [-0.2, -0.15) is 0 Å². The second-order valence-electron chi connectivity index (χ2n) is 5.36. The Morgan fingerprint density at radius 3 is 2.50 bits per heavy atom. The monoisotopic (exact) mass is 291 g/mol. The zero-order chi connectivity index (χ0) is 16.3. The van der Waals surface area contributed by atoms with Crippen LogP contribution >= 0.6 is 0 Å². The first-order valence-corrected chi connectivity index (χ1v) is 7.37. The summed E-state index contributed by atoms with van der Waals surface area (Å²) in [5, 5.41) is 0. The van der Waals surface area contributed by atoms with Crippen molar-refractivity contribution in [1.29, 1.82) is 0 Å². The van der Waals surface area contributed by atoms with E-state index in [1.165, 1.54) is 5.56 Å². The maximum absolute atomic E-state index is 6.13. The van der Waals surface area contributed by atoms with Crippen molar-refractivity contribution in [3.05, 3.63) is 84.9 Å². The van der Waals surface area contributed by atoms with Gasteiger partial charge in [-0.3, -0.25) is 0 Å². The van der Waals surface area contributed by atoms with Gasteiger partial charge in [0.25, 0.3) is 0 Å². The highest BCUT2D eigenvalue weighted by Gasteiger charge is 2.37. The van der Waals surface area contributed by atoms with E-state index in [0.29, 0.717) is 0 Å². The van der Waals surface area contributed by atoms with Gasteiger partial charge in [-0.1, -0.05) is 49.1 Å². The van der Waals surface area contributed by atoms with E-state index in [0.717, 1.165) is 28.0 Å². The molecule has 1 heterocycles. The molecule has 1 aromatic carbocycles. The van der Waals surface area contributed by atoms with Gasteiger partial charge in [-0.15, -0.1) is 0 Å². The van der Waals surface area contributed by atoms with E-state index in [2.05, 4.69) is 32.7 Å². The predicted octanol–water partition coefficient (Wildman–Crippen LogP) is 4.12. The molecule has 1 aromatic rings. The summed E-state index contributed by atoms with van der Waals surface area (Å²) in [4.78, 5) is 2.00. The molecular formula is C19H22BNO. The standard InChI is InChI=1S/C19H22BNO/c1-7-11-16-18(14(4)5)20(21(8-2)9-3)19-15(6)12-10-13-17(19)22-16/h7-13H,2-4H2,1,5-6H3/b11-7-. The number of hydrogen-bond acceptors (Lipinski definition) is 2. The van der Waals surface area contributed by atoms with Crippen LogP contribution in [0.2, 0.25) is 0 Å². The quantitative estimate of drug-likeness (QED) is 0.757. The van der Waals surface area contributed by atoms with E-state index in [9.17, 15) is 0 Å². The number of hydrogen-bond donors (Lipinski definition) is 0. The summed E-state index contributed by atoms with van der Waals surface area (Å²) in [5.41, 5.74) is 4.34. The van der Waals surface area contributed by atoms with Crippen molar-refractivity contribution in [3.63, 3.8) is 0 Å². The lowest BCUT2D eigenvalue weighted by Gasteiger charge is -2.34. The third-order valence-corrected chi connectivity index (χ3v) is 3.81. The number of benzene rings is 1. The average Bonchev–Trinajstić information content (AvgIpc) is 2.48. The van der Waals surface area contributed by atoms with Crippen LogP contribution in [-0.4, -0.2) is 11.7 Å². The van der Waals surface area contributed by atoms with Gasteiger partial charge in [0.15, 0.2) is 0 Å². The van der Waals surface area contributed by atoms with Gasteiger partial charge >= 0.3 is 6.85 Å².